The molecule has 0 atom stereocenters. The fraction of sp³-hybridized carbons (Fsp3) is 0.556. The summed E-state index contributed by atoms with van der Waals surface area (Å²) in [5, 5.41) is 25.0. The van der Waals surface area contributed by atoms with Crippen LogP contribution in [0.4, 0.5) is 0 Å². The van der Waals surface area contributed by atoms with Crippen molar-refractivity contribution in [2.24, 2.45) is 0 Å². The van der Waals surface area contributed by atoms with Gasteiger partial charge in [-0.15, -0.1) is 0 Å². The van der Waals surface area contributed by atoms with Gasteiger partial charge in [0.15, 0.2) is 5.78 Å². The van der Waals surface area contributed by atoms with Gasteiger partial charge in [-0.25, -0.2) is 0 Å². The van der Waals surface area contributed by atoms with Crippen LogP contribution in [0.15, 0.2) is 18.2 Å². The summed E-state index contributed by atoms with van der Waals surface area (Å²) in [5.41, 5.74) is -0.769. The second kappa shape index (κ2) is 6.53. The molecular formula is C18H26N2O4. The van der Waals surface area contributed by atoms with Gasteiger partial charge in [-0.1, -0.05) is 6.92 Å². The van der Waals surface area contributed by atoms with Crippen molar-refractivity contribution >= 4 is 16.7 Å². The molecule has 6 nitrogen and oxygen atoms in total. The summed E-state index contributed by atoms with van der Waals surface area (Å²) in [5.74, 6) is 0.539. The van der Waals surface area contributed by atoms with Crippen LogP contribution in [-0.2, 0) is 6.54 Å². The zero-order valence-corrected chi connectivity index (χ0v) is 15.0. The lowest BCUT2D eigenvalue weighted by atomic mass is 10.1. The summed E-state index contributed by atoms with van der Waals surface area (Å²) in [6.45, 7) is 8.93. The van der Waals surface area contributed by atoms with Gasteiger partial charge >= 0.3 is 0 Å². The van der Waals surface area contributed by atoms with E-state index in [1.54, 1.807) is 57.5 Å². The van der Waals surface area contributed by atoms with E-state index in [4.69, 9.17) is 4.74 Å². The van der Waals surface area contributed by atoms with Crippen molar-refractivity contribution < 1.29 is 19.7 Å². The highest BCUT2D eigenvalue weighted by atomic mass is 16.5. The lowest BCUT2D eigenvalue weighted by molar-refractivity contribution is 0.0285. The van der Waals surface area contributed by atoms with E-state index in [2.05, 4.69) is 5.10 Å². The Hall–Kier alpha value is -1.92. The number of aliphatic hydroxyl groups is 2. The maximum Gasteiger partial charge on any atom is 0.183 e. The van der Waals surface area contributed by atoms with Crippen LogP contribution in [0.1, 0.15) is 51.5 Å². The predicted octanol–water partition coefficient (Wildman–Crippen LogP) is 2.55. The van der Waals surface area contributed by atoms with Gasteiger partial charge in [0.05, 0.1) is 23.3 Å². The maximum atomic E-state index is 12.1. The van der Waals surface area contributed by atoms with Crippen LogP contribution in [-0.4, -0.2) is 43.6 Å². The molecule has 0 spiro atoms. The summed E-state index contributed by atoms with van der Waals surface area (Å²) >= 11 is 0. The minimum Gasteiger partial charge on any atom is -0.491 e. The second-order valence-corrected chi connectivity index (χ2v) is 7.38. The normalized spacial score (nSPS) is 12.6. The van der Waals surface area contributed by atoms with Crippen LogP contribution in [0.25, 0.3) is 10.9 Å². The quantitative estimate of drug-likeness (QED) is 0.760. The number of benzene rings is 1. The molecule has 0 fully saturated rings. The average molecular weight is 334 g/mol. The molecule has 1 heterocycles. The van der Waals surface area contributed by atoms with E-state index in [9.17, 15) is 15.0 Å². The number of Topliss-reactive ketones (excluding diaryl/α,β-unsaturated/α-hetero) is 1. The zero-order chi connectivity index (χ0) is 18.1. The van der Waals surface area contributed by atoms with E-state index in [-0.39, 0.29) is 18.9 Å². The van der Waals surface area contributed by atoms with Crippen LogP contribution in [0, 0.1) is 0 Å². The van der Waals surface area contributed by atoms with Crippen molar-refractivity contribution in [3.63, 3.8) is 0 Å². The lowest BCUT2D eigenvalue weighted by Gasteiger charge is -2.19. The van der Waals surface area contributed by atoms with Gasteiger partial charge in [0.1, 0.15) is 18.1 Å². The molecule has 0 saturated heterocycles. The zero-order valence-electron chi connectivity index (χ0n) is 15.0. The average Bonchev–Trinajstić information content (AvgIpc) is 2.80. The Bertz CT molecular complexity index is 736. The number of hydrogen-bond donors (Lipinski definition) is 2. The third-order valence-electron chi connectivity index (χ3n) is 3.44. The molecule has 132 valence electrons. The Morgan fingerprint density at radius 1 is 1.21 bits per heavy atom. The van der Waals surface area contributed by atoms with E-state index in [0.717, 1.165) is 10.9 Å². The van der Waals surface area contributed by atoms with Crippen molar-refractivity contribution in [1.29, 1.82) is 0 Å². The largest absolute Gasteiger partial charge is 0.491 e. The molecule has 0 saturated carbocycles. The smallest absolute Gasteiger partial charge is 0.183 e. The van der Waals surface area contributed by atoms with Crippen molar-refractivity contribution in [3.05, 3.63) is 23.9 Å². The molecule has 0 unspecified atom stereocenters. The minimum atomic E-state index is -0.963. The molecule has 0 aliphatic carbocycles. The Morgan fingerprint density at radius 3 is 2.42 bits per heavy atom. The molecule has 2 rings (SSSR count). The molecule has 1 aromatic carbocycles. The van der Waals surface area contributed by atoms with Gasteiger partial charge in [0.2, 0.25) is 0 Å². The highest BCUT2D eigenvalue weighted by Gasteiger charge is 2.21. The summed E-state index contributed by atoms with van der Waals surface area (Å²) in [6.07, 6.45) is 0.367. The number of rotatable bonds is 7. The molecule has 0 radical (unpaired) electrons. The van der Waals surface area contributed by atoms with Gasteiger partial charge in [0, 0.05) is 17.9 Å². The van der Waals surface area contributed by atoms with Gasteiger partial charge in [-0.2, -0.15) is 5.10 Å². The first-order chi connectivity index (χ1) is 11.0. The van der Waals surface area contributed by atoms with Crippen molar-refractivity contribution in [1.82, 2.24) is 9.78 Å². The summed E-state index contributed by atoms with van der Waals surface area (Å²) in [4.78, 5) is 12.1. The number of hydrogen-bond acceptors (Lipinski definition) is 5. The summed E-state index contributed by atoms with van der Waals surface area (Å²) < 4.78 is 7.26. The first-order valence-electron chi connectivity index (χ1n) is 8.11. The molecule has 0 aliphatic rings. The van der Waals surface area contributed by atoms with E-state index in [1.807, 2.05) is 0 Å². The fourth-order valence-electron chi connectivity index (χ4n) is 2.36. The Kier molecular flexibility index (Phi) is 5.01. The molecule has 6 heteroatoms. The van der Waals surface area contributed by atoms with Gasteiger partial charge < -0.3 is 14.9 Å². The van der Waals surface area contributed by atoms with E-state index in [0.29, 0.717) is 17.9 Å². The Labute approximate surface area is 142 Å². The van der Waals surface area contributed by atoms with Crippen molar-refractivity contribution in [2.45, 2.75) is 58.8 Å². The molecule has 0 bridgehead atoms. The molecule has 2 N–H and O–H groups in total. The summed E-state index contributed by atoms with van der Waals surface area (Å²) in [6, 6.07) is 5.34. The minimum absolute atomic E-state index is 0.0420. The second-order valence-electron chi connectivity index (χ2n) is 7.38. The van der Waals surface area contributed by atoms with E-state index >= 15 is 0 Å². The highest BCUT2D eigenvalue weighted by Crippen LogP contribution is 2.26. The van der Waals surface area contributed by atoms with Gasteiger partial charge in [-0.3, -0.25) is 9.48 Å². The third-order valence-corrected chi connectivity index (χ3v) is 3.44. The predicted molar refractivity (Wildman–Crippen MR) is 92.4 cm³/mol. The monoisotopic (exact) mass is 334 g/mol. The highest BCUT2D eigenvalue weighted by molar-refractivity contribution is 6.06. The van der Waals surface area contributed by atoms with Crippen LogP contribution < -0.4 is 4.74 Å². The first kappa shape index (κ1) is 18.4. The third kappa shape index (κ3) is 4.55. The molecule has 2 aromatic rings. The first-order valence-corrected chi connectivity index (χ1v) is 8.11. The van der Waals surface area contributed by atoms with Crippen LogP contribution in [0.3, 0.4) is 0 Å². The fourth-order valence-corrected chi connectivity index (χ4v) is 2.36. The number of ketones is 1. The molecular weight excluding hydrogens is 308 g/mol. The Morgan fingerprint density at radius 2 is 1.88 bits per heavy atom. The van der Waals surface area contributed by atoms with Crippen LogP contribution >= 0.6 is 0 Å². The van der Waals surface area contributed by atoms with E-state index in [1.165, 1.54) is 0 Å². The number of aromatic nitrogens is 2. The van der Waals surface area contributed by atoms with Crippen LogP contribution in [0.2, 0.25) is 0 Å². The molecule has 24 heavy (non-hydrogen) atoms. The molecule has 0 amide bonds. The molecule has 1 aromatic heterocycles. The van der Waals surface area contributed by atoms with E-state index < -0.39 is 11.2 Å². The van der Waals surface area contributed by atoms with Crippen molar-refractivity contribution in [2.75, 3.05) is 6.61 Å². The lowest BCUT2D eigenvalue weighted by Crippen LogP contribution is -2.28. The number of ether oxygens (including phenoxy) is 1. The van der Waals surface area contributed by atoms with Crippen molar-refractivity contribution in [3.8, 4) is 5.75 Å². The van der Waals surface area contributed by atoms with Crippen LogP contribution in [0.5, 0.6) is 5.75 Å². The number of fused-ring (bicyclic) bond motifs is 1. The molecule has 0 aliphatic heterocycles. The Balaban J connectivity index is 2.47. The number of carbonyl (C=O) groups is 1. The standard InChI is InChI=1S/C18H26N2O4/c1-6-15(21)16-13-8-7-12(24-11-18(4,5)23)9-14(13)20(19-16)10-17(2,3)22/h7-9,22-23H,6,10-11H2,1-5H3. The number of carbonyl (C=O) groups excluding carboxylic acids is 1. The number of nitrogens with zero attached hydrogens (tertiary/aromatic N) is 2. The van der Waals surface area contributed by atoms with Gasteiger partial charge in [-0.05, 0) is 39.8 Å². The SMILES string of the molecule is CCC(=O)c1nn(CC(C)(C)O)c2cc(OCC(C)(C)O)ccc12. The summed E-state index contributed by atoms with van der Waals surface area (Å²) in [7, 11) is 0. The van der Waals surface area contributed by atoms with Gasteiger partial charge in [0.25, 0.3) is 0 Å². The topological polar surface area (TPSA) is 84.6 Å². The maximum absolute atomic E-state index is 12.1.